The smallest absolute Gasteiger partial charge is 0.319 e. The zero-order chi connectivity index (χ0) is 21.8. The van der Waals surface area contributed by atoms with E-state index in [1.165, 1.54) is 7.11 Å². The van der Waals surface area contributed by atoms with Crippen LogP contribution in [-0.4, -0.2) is 36.4 Å². The lowest BCUT2D eigenvalue weighted by molar-refractivity contribution is -0.147. The van der Waals surface area contributed by atoms with Crippen molar-refractivity contribution < 1.29 is 19.1 Å². The normalized spacial score (nSPS) is 22.2. The molecular weight excluding hydrogens is 386 g/mol. The third-order valence-electron chi connectivity index (χ3n) is 5.63. The molecule has 1 spiro atoms. The number of aromatic amines is 1. The lowest BCUT2D eigenvalue weighted by Crippen LogP contribution is -2.58. The van der Waals surface area contributed by atoms with Gasteiger partial charge in [-0.25, -0.2) is 0 Å². The number of carbonyl (C=O) groups excluding carboxylic acids is 2. The number of H-pyrrole nitrogens is 1. The van der Waals surface area contributed by atoms with E-state index in [9.17, 15) is 14.4 Å². The highest BCUT2D eigenvalue weighted by Crippen LogP contribution is 2.54. The van der Waals surface area contributed by atoms with Crippen molar-refractivity contribution in [2.75, 3.05) is 18.6 Å². The Morgan fingerprint density at radius 2 is 2.03 bits per heavy atom. The summed E-state index contributed by atoms with van der Waals surface area (Å²) in [6.07, 6.45) is 0. The molecule has 8 heteroatoms. The monoisotopic (exact) mass is 409 g/mol. The molecule has 30 heavy (non-hydrogen) atoms. The molecule has 2 atom stereocenters. The maximum atomic E-state index is 14.1. The molecule has 2 aliphatic rings. The first kappa shape index (κ1) is 19.9. The van der Waals surface area contributed by atoms with Crippen LogP contribution in [0.2, 0.25) is 0 Å². The van der Waals surface area contributed by atoms with Crippen molar-refractivity contribution in [3.05, 3.63) is 57.5 Å². The summed E-state index contributed by atoms with van der Waals surface area (Å²) in [5.41, 5.74) is -0.592. The number of para-hydroxylation sites is 1. The summed E-state index contributed by atoms with van der Waals surface area (Å²) < 4.78 is 10.5. The molecule has 4 rings (SSSR count). The van der Waals surface area contributed by atoms with Crippen LogP contribution in [0.3, 0.4) is 0 Å². The van der Waals surface area contributed by atoms with Crippen molar-refractivity contribution in [3.8, 4) is 5.75 Å². The SMILES string of the molecule is COC(=O)C1C(=N)Oc2cc(C)[nH]c(=O)c2C12C(=O)N(CC(C)C)c1ccccc12. The summed E-state index contributed by atoms with van der Waals surface area (Å²) in [6.45, 7) is 6.05. The topological polar surface area (TPSA) is 113 Å². The van der Waals surface area contributed by atoms with Gasteiger partial charge in [0.1, 0.15) is 11.2 Å². The zero-order valence-electron chi connectivity index (χ0n) is 17.2. The third-order valence-corrected chi connectivity index (χ3v) is 5.63. The molecule has 2 N–H and O–H groups in total. The molecule has 1 aromatic carbocycles. The van der Waals surface area contributed by atoms with Gasteiger partial charge in [0.05, 0.1) is 12.7 Å². The van der Waals surface area contributed by atoms with Gasteiger partial charge in [0.15, 0.2) is 5.92 Å². The molecule has 0 fully saturated rings. The van der Waals surface area contributed by atoms with Crippen LogP contribution in [0, 0.1) is 24.2 Å². The molecule has 3 heterocycles. The number of hydrogen-bond acceptors (Lipinski definition) is 6. The zero-order valence-corrected chi connectivity index (χ0v) is 17.2. The first-order valence-corrected chi connectivity index (χ1v) is 9.73. The molecule has 0 saturated heterocycles. The average molecular weight is 409 g/mol. The van der Waals surface area contributed by atoms with Crippen LogP contribution in [0.1, 0.15) is 30.7 Å². The summed E-state index contributed by atoms with van der Waals surface area (Å²) in [6, 6.07) is 8.64. The number of carbonyl (C=O) groups is 2. The minimum absolute atomic E-state index is 0.0307. The van der Waals surface area contributed by atoms with E-state index in [2.05, 4.69) is 4.98 Å². The predicted octanol–water partition coefficient (Wildman–Crippen LogP) is 2.13. The maximum Gasteiger partial charge on any atom is 0.319 e. The highest BCUT2D eigenvalue weighted by atomic mass is 16.5. The summed E-state index contributed by atoms with van der Waals surface area (Å²) in [5, 5.41) is 8.47. The summed E-state index contributed by atoms with van der Waals surface area (Å²) in [4.78, 5) is 44.4. The second-order valence-electron chi connectivity index (χ2n) is 8.08. The van der Waals surface area contributed by atoms with E-state index in [0.29, 0.717) is 23.5 Å². The minimum atomic E-state index is -1.73. The molecule has 0 aliphatic carbocycles. The molecule has 0 bridgehead atoms. The van der Waals surface area contributed by atoms with Gasteiger partial charge < -0.3 is 19.4 Å². The number of ether oxygens (including phenoxy) is 2. The van der Waals surface area contributed by atoms with E-state index < -0.39 is 34.7 Å². The van der Waals surface area contributed by atoms with E-state index in [-0.39, 0.29) is 17.2 Å². The number of anilines is 1. The Kier molecular flexibility index (Phi) is 4.52. The molecule has 156 valence electrons. The summed E-state index contributed by atoms with van der Waals surface area (Å²) >= 11 is 0. The van der Waals surface area contributed by atoms with Gasteiger partial charge in [-0.05, 0) is 24.5 Å². The summed E-state index contributed by atoms with van der Waals surface area (Å²) in [7, 11) is 1.19. The van der Waals surface area contributed by atoms with Crippen molar-refractivity contribution in [2.45, 2.75) is 26.2 Å². The number of aryl methyl sites for hydroxylation is 1. The number of hydrogen-bond donors (Lipinski definition) is 2. The van der Waals surface area contributed by atoms with Crippen molar-refractivity contribution in [1.29, 1.82) is 5.41 Å². The largest absolute Gasteiger partial charge is 0.468 e. The lowest BCUT2D eigenvalue weighted by Gasteiger charge is -2.39. The van der Waals surface area contributed by atoms with E-state index in [0.717, 1.165) is 0 Å². The van der Waals surface area contributed by atoms with Crippen molar-refractivity contribution >= 4 is 23.5 Å². The second-order valence-corrected chi connectivity index (χ2v) is 8.08. The number of nitrogens with one attached hydrogen (secondary N) is 2. The fourth-order valence-corrected chi connectivity index (χ4v) is 4.58. The fraction of sp³-hybridized carbons (Fsp3) is 0.364. The van der Waals surface area contributed by atoms with Crippen molar-refractivity contribution in [2.24, 2.45) is 11.8 Å². The van der Waals surface area contributed by atoms with Crippen molar-refractivity contribution in [1.82, 2.24) is 4.98 Å². The quantitative estimate of drug-likeness (QED) is 0.754. The van der Waals surface area contributed by atoms with Gasteiger partial charge in [0.25, 0.3) is 5.56 Å². The number of benzene rings is 1. The van der Waals surface area contributed by atoms with Gasteiger partial charge in [-0.15, -0.1) is 0 Å². The van der Waals surface area contributed by atoms with Gasteiger partial charge in [0, 0.05) is 24.0 Å². The van der Waals surface area contributed by atoms with Gasteiger partial charge in [-0.1, -0.05) is 32.0 Å². The number of aromatic nitrogens is 1. The van der Waals surface area contributed by atoms with Gasteiger partial charge in [-0.3, -0.25) is 19.8 Å². The standard InChI is InChI=1S/C22H23N3O5/c1-11(2)10-25-14-8-6-5-7-13(14)22(21(25)28)16-15(9-12(3)24-19(16)26)30-18(23)17(22)20(27)29-4/h5-9,11,17,23H,10H2,1-4H3,(H,24,26). The Labute approximate surface area is 173 Å². The predicted molar refractivity (Wildman–Crippen MR) is 110 cm³/mol. The summed E-state index contributed by atoms with van der Waals surface area (Å²) in [5.74, 6) is -2.82. The third kappa shape index (κ3) is 2.52. The van der Waals surface area contributed by atoms with Crippen LogP contribution in [0.4, 0.5) is 5.69 Å². The number of esters is 1. The number of rotatable bonds is 3. The molecule has 1 aromatic heterocycles. The molecule has 1 amide bonds. The molecule has 2 aromatic rings. The number of fused-ring (bicyclic) bond motifs is 4. The fourth-order valence-electron chi connectivity index (χ4n) is 4.58. The Morgan fingerprint density at radius 3 is 2.70 bits per heavy atom. The number of amides is 1. The maximum absolute atomic E-state index is 14.1. The highest BCUT2D eigenvalue weighted by Gasteiger charge is 2.65. The van der Waals surface area contributed by atoms with Crippen molar-refractivity contribution in [3.63, 3.8) is 0 Å². The number of pyridine rings is 1. The molecule has 0 saturated carbocycles. The van der Waals surface area contributed by atoms with Crippen LogP contribution in [0.25, 0.3) is 0 Å². The molecule has 8 nitrogen and oxygen atoms in total. The van der Waals surface area contributed by atoms with E-state index in [1.807, 2.05) is 13.8 Å². The van der Waals surface area contributed by atoms with Crippen LogP contribution >= 0.6 is 0 Å². The highest BCUT2D eigenvalue weighted by molar-refractivity contribution is 6.18. The molecule has 2 aliphatic heterocycles. The van der Waals surface area contributed by atoms with Crippen LogP contribution in [-0.2, 0) is 19.7 Å². The number of nitrogens with zero attached hydrogens (tertiary/aromatic N) is 1. The lowest BCUT2D eigenvalue weighted by atomic mass is 9.65. The van der Waals surface area contributed by atoms with E-state index in [4.69, 9.17) is 14.9 Å². The van der Waals surface area contributed by atoms with Gasteiger partial charge >= 0.3 is 5.97 Å². The average Bonchev–Trinajstić information content (AvgIpc) is 2.90. The Balaban J connectivity index is 2.14. The molecule has 2 unspecified atom stereocenters. The second kappa shape index (κ2) is 6.83. The van der Waals surface area contributed by atoms with Gasteiger partial charge in [0.2, 0.25) is 11.8 Å². The van der Waals surface area contributed by atoms with Crippen LogP contribution in [0.15, 0.2) is 35.1 Å². The Hall–Kier alpha value is -3.42. The van der Waals surface area contributed by atoms with E-state index >= 15 is 0 Å². The molecule has 0 radical (unpaired) electrons. The Morgan fingerprint density at radius 1 is 1.33 bits per heavy atom. The van der Waals surface area contributed by atoms with Gasteiger partial charge in [-0.2, -0.15) is 0 Å². The van der Waals surface area contributed by atoms with E-state index in [1.54, 1.807) is 42.2 Å². The minimum Gasteiger partial charge on any atom is -0.468 e. The Bertz CT molecular complexity index is 1140. The first-order valence-electron chi connectivity index (χ1n) is 9.73. The number of methoxy groups -OCH3 is 1. The first-order chi connectivity index (χ1) is 14.2. The van der Waals surface area contributed by atoms with Crippen LogP contribution in [0.5, 0.6) is 5.75 Å². The molecular formula is C22H23N3O5. The van der Waals surface area contributed by atoms with Crippen LogP contribution < -0.4 is 15.2 Å².